The highest BCUT2D eigenvalue weighted by molar-refractivity contribution is 7.15. The van der Waals surface area contributed by atoms with Crippen LogP contribution < -0.4 is 10.1 Å². The molecule has 3 atom stereocenters. The Morgan fingerprint density at radius 3 is 2.59 bits per heavy atom. The fourth-order valence-corrected chi connectivity index (χ4v) is 4.17. The molecule has 0 radical (unpaired) electrons. The van der Waals surface area contributed by atoms with Crippen LogP contribution in [0.5, 0.6) is 5.75 Å². The molecule has 0 aliphatic carbocycles. The zero-order valence-corrected chi connectivity index (χ0v) is 19.0. The summed E-state index contributed by atoms with van der Waals surface area (Å²) in [7, 11) is 0. The van der Waals surface area contributed by atoms with Gasteiger partial charge in [0.1, 0.15) is 16.9 Å². The first-order valence-corrected chi connectivity index (χ1v) is 11.2. The lowest BCUT2D eigenvalue weighted by molar-refractivity contribution is -0.145. The highest BCUT2D eigenvalue weighted by atomic mass is 32.1. The lowest BCUT2D eigenvalue weighted by Gasteiger charge is -2.20. The average molecular weight is 494 g/mol. The summed E-state index contributed by atoms with van der Waals surface area (Å²) < 4.78 is 49.5. The molecule has 3 aromatic rings. The van der Waals surface area contributed by atoms with Crippen LogP contribution in [0, 0.1) is 6.92 Å². The molecule has 0 unspecified atom stereocenters. The number of aromatic nitrogens is 3. The van der Waals surface area contributed by atoms with Crippen LogP contribution in [0.25, 0.3) is 10.6 Å². The van der Waals surface area contributed by atoms with E-state index in [1.54, 1.807) is 31.3 Å². The Morgan fingerprint density at radius 2 is 2.00 bits per heavy atom. The van der Waals surface area contributed by atoms with Crippen LogP contribution >= 0.6 is 11.3 Å². The third-order valence-electron chi connectivity index (χ3n) is 5.11. The molecule has 1 amide bonds. The largest absolute Gasteiger partial charge is 0.486 e. The second kappa shape index (κ2) is 9.65. The second-order valence-electron chi connectivity index (χ2n) is 7.75. The lowest BCUT2D eigenvalue weighted by atomic mass is 10.1. The Balaban J connectivity index is 1.61. The molecule has 3 heterocycles. The predicted octanol–water partition coefficient (Wildman–Crippen LogP) is 3.90. The van der Waals surface area contributed by atoms with Crippen molar-refractivity contribution in [1.82, 2.24) is 20.3 Å². The van der Waals surface area contributed by atoms with Crippen LogP contribution in [0.15, 0.2) is 36.8 Å². The van der Waals surface area contributed by atoms with Crippen LogP contribution in [-0.4, -0.2) is 45.0 Å². The number of para-hydroxylation sites is 1. The van der Waals surface area contributed by atoms with Gasteiger partial charge < -0.3 is 19.9 Å². The molecule has 0 spiro atoms. The van der Waals surface area contributed by atoms with Gasteiger partial charge in [-0.05, 0) is 26.0 Å². The first-order chi connectivity index (χ1) is 16.1. The van der Waals surface area contributed by atoms with Crippen LogP contribution in [-0.2, 0) is 10.9 Å². The highest BCUT2D eigenvalue weighted by Gasteiger charge is 2.34. The number of nitrogens with one attached hydrogen (secondary N) is 1. The van der Waals surface area contributed by atoms with Crippen molar-refractivity contribution in [3.8, 4) is 16.3 Å². The molecule has 1 aromatic carbocycles. The molecule has 0 bridgehead atoms. The summed E-state index contributed by atoms with van der Waals surface area (Å²) in [6.45, 7) is 3.68. The fourth-order valence-electron chi connectivity index (χ4n) is 3.38. The third-order valence-corrected chi connectivity index (χ3v) is 6.05. The summed E-state index contributed by atoms with van der Waals surface area (Å²) in [4.78, 5) is 25.2. The third kappa shape index (κ3) is 5.34. The van der Waals surface area contributed by atoms with Crippen LogP contribution in [0.2, 0.25) is 0 Å². The number of amides is 1. The molecule has 4 rings (SSSR count). The van der Waals surface area contributed by atoms with Gasteiger partial charge in [0.05, 0.1) is 23.8 Å². The second-order valence-corrected chi connectivity index (χ2v) is 8.99. The van der Waals surface area contributed by atoms with E-state index in [0.29, 0.717) is 16.1 Å². The molecule has 2 N–H and O–H groups in total. The van der Waals surface area contributed by atoms with Gasteiger partial charge in [0.15, 0.2) is 6.29 Å². The van der Waals surface area contributed by atoms with Gasteiger partial charge in [-0.25, -0.2) is 15.0 Å². The maximum atomic E-state index is 13.2. The zero-order valence-electron chi connectivity index (χ0n) is 18.2. The Labute approximate surface area is 196 Å². The number of ether oxygens (including phenoxy) is 2. The summed E-state index contributed by atoms with van der Waals surface area (Å²) in [6, 6.07) is 4.38. The van der Waals surface area contributed by atoms with E-state index < -0.39 is 36.3 Å². The van der Waals surface area contributed by atoms with Gasteiger partial charge in [0.2, 0.25) is 5.82 Å². The van der Waals surface area contributed by atoms with E-state index >= 15 is 0 Å². The standard InChI is InChI=1S/C22H21F3N4O4S/c1-11-7-26-20(34-11)16-5-3-4-15(18(16)33-14-6-17(30)32-10-14)19(31)29-12(2)13-8-27-21(28-9-13)22(23,24)25/h3-5,7-9,12,14,17,30H,6,10H2,1-2H3,(H,29,31)/t12-,14-,17+/m1/s1. The number of alkyl halides is 3. The van der Waals surface area contributed by atoms with Crippen molar-refractivity contribution in [2.75, 3.05) is 6.61 Å². The Morgan fingerprint density at radius 1 is 1.26 bits per heavy atom. The number of aliphatic hydroxyl groups excluding tert-OH is 1. The summed E-state index contributed by atoms with van der Waals surface area (Å²) in [5.74, 6) is -1.47. The smallest absolute Gasteiger partial charge is 0.451 e. The molecule has 1 fully saturated rings. The highest BCUT2D eigenvalue weighted by Crippen LogP contribution is 2.37. The monoisotopic (exact) mass is 494 g/mol. The molecule has 2 aromatic heterocycles. The Hall–Kier alpha value is -3.09. The van der Waals surface area contributed by atoms with E-state index in [1.807, 2.05) is 6.92 Å². The van der Waals surface area contributed by atoms with Crippen LogP contribution in [0.3, 0.4) is 0 Å². The first-order valence-electron chi connectivity index (χ1n) is 10.3. The van der Waals surface area contributed by atoms with Crippen molar-refractivity contribution in [2.45, 2.75) is 44.9 Å². The van der Waals surface area contributed by atoms with Crippen LogP contribution in [0.1, 0.15) is 46.0 Å². The molecule has 180 valence electrons. The predicted molar refractivity (Wildman–Crippen MR) is 116 cm³/mol. The zero-order chi connectivity index (χ0) is 24.5. The topological polar surface area (TPSA) is 106 Å². The van der Waals surface area contributed by atoms with E-state index in [4.69, 9.17) is 9.47 Å². The number of rotatable bonds is 6. The van der Waals surface area contributed by atoms with Gasteiger partial charge in [-0.2, -0.15) is 13.2 Å². The normalized spacial score (nSPS) is 19.1. The number of aliphatic hydroxyl groups is 1. The minimum Gasteiger partial charge on any atom is -0.486 e. The SMILES string of the molecule is Cc1cnc(-c2cccc(C(=O)N[C@H](C)c3cnc(C(F)(F)F)nc3)c2O[C@H]2CO[C@H](O)C2)s1. The van der Waals surface area contributed by atoms with Gasteiger partial charge in [-0.1, -0.05) is 6.07 Å². The Bertz CT molecular complexity index is 1170. The molecule has 1 aliphatic heterocycles. The van der Waals surface area contributed by atoms with Gasteiger partial charge in [-0.3, -0.25) is 4.79 Å². The molecule has 12 heteroatoms. The molecule has 8 nitrogen and oxygen atoms in total. The lowest BCUT2D eigenvalue weighted by Crippen LogP contribution is -2.28. The minimum atomic E-state index is -4.65. The molecule has 0 saturated carbocycles. The quantitative estimate of drug-likeness (QED) is 0.535. The molecular weight excluding hydrogens is 473 g/mol. The Kier molecular flexibility index (Phi) is 6.82. The first kappa shape index (κ1) is 24.0. The summed E-state index contributed by atoms with van der Waals surface area (Å²) in [6.07, 6.45) is -2.05. The minimum absolute atomic E-state index is 0.159. The number of carbonyl (C=O) groups is 1. The van der Waals surface area contributed by atoms with E-state index in [-0.39, 0.29) is 24.3 Å². The molecule has 34 heavy (non-hydrogen) atoms. The average Bonchev–Trinajstić information content (AvgIpc) is 3.41. The van der Waals surface area contributed by atoms with E-state index in [0.717, 1.165) is 17.3 Å². The van der Waals surface area contributed by atoms with Crippen LogP contribution in [0.4, 0.5) is 13.2 Å². The van der Waals surface area contributed by atoms with Gasteiger partial charge in [0.25, 0.3) is 5.91 Å². The molecule has 1 saturated heterocycles. The molecular formula is C22H21F3N4O4S. The van der Waals surface area contributed by atoms with Gasteiger partial charge in [-0.15, -0.1) is 11.3 Å². The van der Waals surface area contributed by atoms with E-state index in [9.17, 15) is 23.1 Å². The van der Waals surface area contributed by atoms with Crippen molar-refractivity contribution in [3.63, 3.8) is 0 Å². The summed E-state index contributed by atoms with van der Waals surface area (Å²) in [5.41, 5.74) is 1.13. The van der Waals surface area contributed by atoms with Crippen molar-refractivity contribution in [2.24, 2.45) is 0 Å². The van der Waals surface area contributed by atoms with Crippen molar-refractivity contribution in [3.05, 3.63) is 58.6 Å². The summed E-state index contributed by atoms with van der Waals surface area (Å²) in [5, 5.41) is 13.1. The number of aryl methyl sites for hydroxylation is 1. The number of nitrogens with zero attached hydrogens (tertiary/aromatic N) is 3. The van der Waals surface area contributed by atoms with E-state index in [2.05, 4.69) is 20.3 Å². The number of hydrogen-bond acceptors (Lipinski definition) is 8. The van der Waals surface area contributed by atoms with Gasteiger partial charge in [0, 0.05) is 35.5 Å². The number of benzene rings is 1. The van der Waals surface area contributed by atoms with Crippen molar-refractivity contribution in [1.29, 1.82) is 0 Å². The maximum Gasteiger partial charge on any atom is 0.451 e. The number of hydrogen-bond donors (Lipinski definition) is 2. The fraction of sp³-hybridized carbons (Fsp3) is 0.364. The summed E-state index contributed by atoms with van der Waals surface area (Å²) >= 11 is 1.44. The number of thiazole rings is 1. The van der Waals surface area contributed by atoms with E-state index in [1.165, 1.54) is 11.3 Å². The molecule has 1 aliphatic rings. The number of halogens is 3. The van der Waals surface area contributed by atoms with Crippen molar-refractivity contribution < 1.29 is 32.5 Å². The number of carbonyl (C=O) groups excluding carboxylic acids is 1. The van der Waals surface area contributed by atoms with Gasteiger partial charge >= 0.3 is 6.18 Å². The van der Waals surface area contributed by atoms with Crippen molar-refractivity contribution >= 4 is 17.2 Å². The maximum absolute atomic E-state index is 13.2.